The number of hydrogen-bond donors (Lipinski definition) is 2. The summed E-state index contributed by atoms with van der Waals surface area (Å²) in [7, 11) is 0. The molecule has 0 aliphatic rings. The lowest BCUT2D eigenvalue weighted by molar-refractivity contribution is -0.139. The number of ether oxygens (including phenoxy) is 3. The first-order valence-electron chi connectivity index (χ1n) is 8.29. The second kappa shape index (κ2) is 9.68. The second-order valence-corrected chi connectivity index (χ2v) is 5.72. The molecule has 0 atom stereocenters. The van der Waals surface area contributed by atoms with Gasteiger partial charge in [0.1, 0.15) is 5.75 Å². The summed E-state index contributed by atoms with van der Waals surface area (Å²) in [5.41, 5.74) is 0.837. The van der Waals surface area contributed by atoms with Crippen molar-refractivity contribution in [1.82, 2.24) is 0 Å². The van der Waals surface area contributed by atoms with Crippen molar-refractivity contribution in [2.45, 2.75) is 13.8 Å². The number of halogens is 1. The number of carboxylic acid groups (broad SMARTS) is 1. The molecular formula is C19H20ClNO6. The summed E-state index contributed by atoms with van der Waals surface area (Å²) in [6.45, 7) is 3.95. The Hall–Kier alpha value is -2.93. The molecule has 0 aliphatic carbocycles. The molecule has 2 N–H and O–H groups in total. The number of aliphatic carboxylic acids is 1. The van der Waals surface area contributed by atoms with Gasteiger partial charge in [-0.2, -0.15) is 0 Å². The van der Waals surface area contributed by atoms with Gasteiger partial charge in [-0.15, -0.1) is 0 Å². The van der Waals surface area contributed by atoms with Crippen LogP contribution in [-0.4, -0.2) is 36.8 Å². The SMILES string of the molecule is CCOc1ccc(NC(=O)c2ccc(OCC(=O)O)c(OCC)c2)cc1Cl. The maximum absolute atomic E-state index is 12.5. The van der Waals surface area contributed by atoms with E-state index < -0.39 is 12.6 Å². The minimum Gasteiger partial charge on any atom is -0.492 e. The van der Waals surface area contributed by atoms with Gasteiger partial charge < -0.3 is 24.6 Å². The smallest absolute Gasteiger partial charge is 0.341 e. The molecule has 144 valence electrons. The van der Waals surface area contributed by atoms with Crippen LogP contribution in [-0.2, 0) is 4.79 Å². The van der Waals surface area contributed by atoms with E-state index in [-0.39, 0.29) is 17.4 Å². The van der Waals surface area contributed by atoms with Crippen LogP contribution in [0.5, 0.6) is 17.2 Å². The van der Waals surface area contributed by atoms with Gasteiger partial charge in [0.25, 0.3) is 5.91 Å². The van der Waals surface area contributed by atoms with Crippen molar-refractivity contribution < 1.29 is 28.9 Å². The Balaban J connectivity index is 2.16. The van der Waals surface area contributed by atoms with Gasteiger partial charge in [0.05, 0.1) is 18.2 Å². The summed E-state index contributed by atoms with van der Waals surface area (Å²) in [6.07, 6.45) is 0. The number of hydrogen-bond acceptors (Lipinski definition) is 5. The Morgan fingerprint density at radius 1 is 0.963 bits per heavy atom. The summed E-state index contributed by atoms with van der Waals surface area (Å²) < 4.78 is 16.0. The molecule has 0 spiro atoms. The van der Waals surface area contributed by atoms with Crippen molar-refractivity contribution in [2.75, 3.05) is 25.1 Å². The van der Waals surface area contributed by atoms with Gasteiger partial charge in [-0.25, -0.2) is 4.79 Å². The molecule has 0 radical (unpaired) electrons. The van der Waals surface area contributed by atoms with Gasteiger partial charge in [-0.1, -0.05) is 11.6 Å². The molecule has 2 rings (SSSR count). The molecule has 0 aliphatic heterocycles. The molecule has 8 heteroatoms. The van der Waals surface area contributed by atoms with Crippen molar-refractivity contribution in [1.29, 1.82) is 0 Å². The maximum Gasteiger partial charge on any atom is 0.341 e. The molecule has 0 unspecified atom stereocenters. The average Bonchev–Trinajstić information content (AvgIpc) is 2.63. The number of carbonyl (C=O) groups excluding carboxylic acids is 1. The third kappa shape index (κ3) is 5.79. The van der Waals surface area contributed by atoms with Gasteiger partial charge in [-0.05, 0) is 50.2 Å². The van der Waals surface area contributed by atoms with E-state index in [0.29, 0.717) is 35.2 Å². The highest BCUT2D eigenvalue weighted by atomic mass is 35.5. The first-order valence-corrected chi connectivity index (χ1v) is 8.67. The molecule has 7 nitrogen and oxygen atoms in total. The number of carboxylic acids is 1. The molecule has 0 saturated heterocycles. The van der Waals surface area contributed by atoms with Crippen LogP contribution in [0.3, 0.4) is 0 Å². The molecule has 0 bridgehead atoms. The fraction of sp³-hybridized carbons (Fsp3) is 0.263. The molecule has 1 amide bonds. The summed E-state index contributed by atoms with van der Waals surface area (Å²) in [4.78, 5) is 23.2. The lowest BCUT2D eigenvalue weighted by Gasteiger charge is -2.13. The van der Waals surface area contributed by atoms with Crippen molar-refractivity contribution in [3.8, 4) is 17.2 Å². The van der Waals surface area contributed by atoms with E-state index in [1.807, 2.05) is 6.92 Å². The Kier molecular flexibility index (Phi) is 7.31. The molecule has 0 heterocycles. The molecule has 27 heavy (non-hydrogen) atoms. The lowest BCUT2D eigenvalue weighted by Crippen LogP contribution is -2.13. The van der Waals surface area contributed by atoms with E-state index >= 15 is 0 Å². The molecule has 2 aromatic rings. The van der Waals surface area contributed by atoms with Gasteiger partial charge in [0.2, 0.25) is 0 Å². The number of anilines is 1. The highest BCUT2D eigenvalue weighted by Crippen LogP contribution is 2.30. The monoisotopic (exact) mass is 393 g/mol. The predicted octanol–water partition coefficient (Wildman–Crippen LogP) is 3.85. The highest BCUT2D eigenvalue weighted by Gasteiger charge is 2.14. The summed E-state index contributed by atoms with van der Waals surface area (Å²) in [5, 5.41) is 11.9. The van der Waals surface area contributed by atoms with Crippen LogP contribution in [0.2, 0.25) is 5.02 Å². The van der Waals surface area contributed by atoms with Gasteiger partial charge in [0.15, 0.2) is 18.1 Å². The van der Waals surface area contributed by atoms with Crippen LogP contribution < -0.4 is 19.5 Å². The lowest BCUT2D eigenvalue weighted by atomic mass is 10.1. The quantitative estimate of drug-likeness (QED) is 0.672. The van der Waals surface area contributed by atoms with E-state index in [1.54, 1.807) is 25.1 Å². The van der Waals surface area contributed by atoms with E-state index in [1.165, 1.54) is 18.2 Å². The second-order valence-electron chi connectivity index (χ2n) is 5.31. The fourth-order valence-electron chi connectivity index (χ4n) is 2.23. The highest BCUT2D eigenvalue weighted by molar-refractivity contribution is 6.32. The topological polar surface area (TPSA) is 94.1 Å². The normalized spacial score (nSPS) is 10.2. The van der Waals surface area contributed by atoms with E-state index in [4.69, 9.17) is 30.9 Å². The van der Waals surface area contributed by atoms with Crippen LogP contribution in [0, 0.1) is 0 Å². The van der Waals surface area contributed by atoms with E-state index in [0.717, 1.165) is 0 Å². The molecule has 0 saturated carbocycles. The summed E-state index contributed by atoms with van der Waals surface area (Å²) in [6, 6.07) is 9.46. The predicted molar refractivity (Wildman–Crippen MR) is 101 cm³/mol. The largest absolute Gasteiger partial charge is 0.492 e. The van der Waals surface area contributed by atoms with Crippen LogP contribution in [0.25, 0.3) is 0 Å². The number of rotatable bonds is 9. The van der Waals surface area contributed by atoms with Gasteiger partial charge in [0, 0.05) is 11.3 Å². The zero-order valence-corrected chi connectivity index (χ0v) is 15.7. The third-order valence-corrected chi connectivity index (χ3v) is 3.64. The number of nitrogens with one attached hydrogen (secondary N) is 1. The summed E-state index contributed by atoms with van der Waals surface area (Å²) in [5.74, 6) is -0.403. The summed E-state index contributed by atoms with van der Waals surface area (Å²) >= 11 is 6.12. The minimum absolute atomic E-state index is 0.250. The van der Waals surface area contributed by atoms with Crippen LogP contribution in [0.1, 0.15) is 24.2 Å². The van der Waals surface area contributed by atoms with Gasteiger partial charge >= 0.3 is 5.97 Å². The van der Waals surface area contributed by atoms with Crippen molar-refractivity contribution >= 4 is 29.2 Å². The molecule has 2 aromatic carbocycles. The van der Waals surface area contributed by atoms with Gasteiger partial charge in [-0.3, -0.25) is 4.79 Å². The first kappa shape index (κ1) is 20.4. The minimum atomic E-state index is -1.10. The number of carbonyl (C=O) groups is 2. The van der Waals surface area contributed by atoms with E-state index in [2.05, 4.69) is 5.32 Å². The third-order valence-electron chi connectivity index (χ3n) is 3.35. The van der Waals surface area contributed by atoms with Crippen molar-refractivity contribution in [2.24, 2.45) is 0 Å². The van der Waals surface area contributed by atoms with Crippen molar-refractivity contribution in [3.05, 3.63) is 47.0 Å². The Bertz CT molecular complexity index is 824. The average molecular weight is 394 g/mol. The van der Waals surface area contributed by atoms with E-state index in [9.17, 15) is 9.59 Å². The fourth-order valence-corrected chi connectivity index (χ4v) is 2.47. The van der Waals surface area contributed by atoms with Crippen LogP contribution in [0.15, 0.2) is 36.4 Å². The van der Waals surface area contributed by atoms with Crippen LogP contribution in [0.4, 0.5) is 5.69 Å². The maximum atomic E-state index is 12.5. The zero-order valence-electron chi connectivity index (χ0n) is 15.0. The van der Waals surface area contributed by atoms with Crippen LogP contribution >= 0.6 is 11.6 Å². The number of benzene rings is 2. The van der Waals surface area contributed by atoms with Crippen molar-refractivity contribution in [3.63, 3.8) is 0 Å². The first-order chi connectivity index (χ1) is 12.9. The molecule has 0 fully saturated rings. The molecular weight excluding hydrogens is 374 g/mol. The standard InChI is InChI=1S/C19H20ClNO6/c1-3-25-15-8-6-13(10-14(15)20)21-19(24)12-5-7-16(27-11-18(22)23)17(9-12)26-4-2/h5-10H,3-4,11H2,1-2H3,(H,21,24)(H,22,23). The number of amides is 1. The Morgan fingerprint density at radius 2 is 1.63 bits per heavy atom. The Morgan fingerprint density at radius 3 is 2.26 bits per heavy atom. The zero-order chi connectivity index (χ0) is 19.8. The molecule has 0 aromatic heterocycles. The Labute approximate surface area is 161 Å².